The van der Waals surface area contributed by atoms with E-state index in [1.54, 1.807) is 18.7 Å². The van der Waals surface area contributed by atoms with E-state index >= 15 is 0 Å². The van der Waals surface area contributed by atoms with Crippen LogP contribution in [-0.4, -0.2) is 40.6 Å². The number of para-hydroxylation sites is 1. The lowest BCUT2D eigenvalue weighted by Crippen LogP contribution is -2.56. The number of ether oxygens (including phenoxy) is 1. The molecule has 1 aromatic carbocycles. The Hall–Kier alpha value is -1.69. The molecule has 120 valence electrons. The molecule has 2 N–H and O–H groups in total. The molecule has 5 nitrogen and oxygen atoms in total. The van der Waals surface area contributed by atoms with Crippen LogP contribution in [0.5, 0.6) is 5.75 Å². The van der Waals surface area contributed by atoms with Crippen LogP contribution >= 0.6 is 11.8 Å². The fraction of sp³-hybridized carbons (Fsp3) is 0.500. The highest BCUT2D eigenvalue weighted by atomic mass is 32.2. The minimum atomic E-state index is -1.10. The van der Waals surface area contributed by atoms with Gasteiger partial charge < -0.3 is 15.2 Å². The highest BCUT2D eigenvalue weighted by molar-refractivity contribution is 7.99. The molecule has 0 aliphatic carbocycles. The third-order valence-corrected chi connectivity index (χ3v) is 4.99. The minimum absolute atomic E-state index is 0.221. The highest BCUT2D eigenvalue weighted by Crippen LogP contribution is 2.28. The molecule has 1 heterocycles. The van der Waals surface area contributed by atoms with Crippen molar-refractivity contribution in [2.45, 2.75) is 25.3 Å². The van der Waals surface area contributed by atoms with Gasteiger partial charge in [-0.3, -0.25) is 4.79 Å². The van der Waals surface area contributed by atoms with E-state index in [1.165, 1.54) is 0 Å². The maximum absolute atomic E-state index is 12.2. The summed E-state index contributed by atoms with van der Waals surface area (Å²) in [6.07, 6.45) is 1.02. The Bertz CT molecular complexity index is 514. The van der Waals surface area contributed by atoms with E-state index in [4.69, 9.17) is 4.74 Å². The number of carbonyl (C=O) groups is 2. The summed E-state index contributed by atoms with van der Waals surface area (Å²) >= 11 is 1.56. The molecule has 1 fully saturated rings. The molecule has 6 heteroatoms. The van der Waals surface area contributed by atoms with E-state index in [2.05, 4.69) is 5.32 Å². The van der Waals surface area contributed by atoms with Crippen molar-refractivity contribution in [3.05, 3.63) is 30.3 Å². The van der Waals surface area contributed by atoms with Crippen LogP contribution in [0.4, 0.5) is 0 Å². The minimum Gasteiger partial charge on any atom is -0.494 e. The van der Waals surface area contributed by atoms with Gasteiger partial charge in [-0.1, -0.05) is 25.1 Å². The first kappa shape index (κ1) is 16.7. The largest absolute Gasteiger partial charge is 0.494 e. The van der Waals surface area contributed by atoms with Gasteiger partial charge >= 0.3 is 5.97 Å². The van der Waals surface area contributed by atoms with Crippen LogP contribution in [0, 0.1) is 5.92 Å². The zero-order chi connectivity index (χ0) is 16.0. The molecule has 2 atom stereocenters. The van der Waals surface area contributed by atoms with Crippen LogP contribution in [0.1, 0.15) is 19.8 Å². The first-order valence-electron chi connectivity index (χ1n) is 7.34. The van der Waals surface area contributed by atoms with Crippen LogP contribution in [0.25, 0.3) is 0 Å². The Balaban J connectivity index is 1.80. The molecule has 1 saturated heterocycles. The summed E-state index contributed by atoms with van der Waals surface area (Å²) in [6.45, 7) is 2.22. The maximum Gasteiger partial charge on any atom is 0.330 e. The standard InChI is InChI=1S/C16H21NO4S/c1-12(7-9-21-13-5-3-2-4-6-13)14(18)17-16(15(19)20)8-10-22-11-16/h2-6,12H,7-11H2,1H3,(H,17,18)(H,19,20). The van der Waals surface area contributed by atoms with E-state index < -0.39 is 11.5 Å². The highest BCUT2D eigenvalue weighted by Gasteiger charge is 2.43. The fourth-order valence-corrected chi connectivity index (χ4v) is 3.57. The van der Waals surface area contributed by atoms with Crippen LogP contribution in [0.3, 0.4) is 0 Å². The Labute approximate surface area is 134 Å². The summed E-state index contributed by atoms with van der Waals surface area (Å²) < 4.78 is 5.57. The van der Waals surface area contributed by atoms with Crippen LogP contribution < -0.4 is 10.1 Å². The number of rotatable bonds is 7. The molecular formula is C16H21NO4S. The van der Waals surface area contributed by atoms with Crippen LogP contribution in [-0.2, 0) is 9.59 Å². The second kappa shape index (κ2) is 7.54. The molecule has 2 unspecified atom stereocenters. The molecule has 0 radical (unpaired) electrons. The maximum atomic E-state index is 12.2. The molecule has 0 spiro atoms. The van der Waals surface area contributed by atoms with Crippen molar-refractivity contribution in [3.8, 4) is 5.75 Å². The molecule has 1 amide bonds. The summed E-state index contributed by atoms with van der Waals surface area (Å²) in [4.78, 5) is 23.6. The Morgan fingerprint density at radius 1 is 1.41 bits per heavy atom. The van der Waals surface area contributed by atoms with Crippen molar-refractivity contribution in [3.63, 3.8) is 0 Å². The smallest absolute Gasteiger partial charge is 0.330 e. The molecule has 1 aromatic rings. The third kappa shape index (κ3) is 4.16. The van der Waals surface area contributed by atoms with Crippen molar-refractivity contribution < 1.29 is 19.4 Å². The average Bonchev–Trinajstić information content (AvgIpc) is 2.98. The van der Waals surface area contributed by atoms with Gasteiger partial charge in [0.15, 0.2) is 0 Å². The monoisotopic (exact) mass is 323 g/mol. The normalized spacial score (nSPS) is 22.0. The SMILES string of the molecule is CC(CCOc1ccccc1)C(=O)NC1(C(=O)O)CCSC1. The fourth-order valence-electron chi connectivity index (χ4n) is 2.25. The van der Waals surface area contributed by atoms with Gasteiger partial charge in [-0.2, -0.15) is 11.8 Å². The number of amides is 1. The van der Waals surface area contributed by atoms with E-state index in [-0.39, 0.29) is 11.8 Å². The summed E-state index contributed by atoms with van der Waals surface area (Å²) in [5.74, 6) is 0.509. The van der Waals surface area contributed by atoms with Crippen molar-refractivity contribution in [1.29, 1.82) is 0 Å². The molecule has 0 saturated carbocycles. The number of carboxylic acids is 1. The number of carboxylic acid groups (broad SMARTS) is 1. The second-order valence-electron chi connectivity index (χ2n) is 5.53. The van der Waals surface area contributed by atoms with Gasteiger partial charge in [0.25, 0.3) is 0 Å². The first-order valence-corrected chi connectivity index (χ1v) is 8.50. The molecule has 2 rings (SSSR count). The lowest BCUT2D eigenvalue weighted by atomic mass is 9.97. The van der Waals surface area contributed by atoms with Gasteiger partial charge in [0, 0.05) is 11.7 Å². The summed E-state index contributed by atoms with van der Waals surface area (Å²) in [5.41, 5.74) is -1.10. The lowest BCUT2D eigenvalue weighted by molar-refractivity contribution is -0.147. The topological polar surface area (TPSA) is 75.6 Å². The first-order chi connectivity index (χ1) is 10.5. The Morgan fingerprint density at radius 3 is 2.73 bits per heavy atom. The van der Waals surface area contributed by atoms with Gasteiger partial charge in [-0.15, -0.1) is 0 Å². The van der Waals surface area contributed by atoms with Crippen molar-refractivity contribution in [1.82, 2.24) is 5.32 Å². The van der Waals surface area contributed by atoms with Gasteiger partial charge in [-0.25, -0.2) is 4.79 Å². The summed E-state index contributed by atoms with van der Waals surface area (Å²) in [7, 11) is 0. The predicted molar refractivity (Wildman–Crippen MR) is 86.2 cm³/mol. The van der Waals surface area contributed by atoms with E-state index in [1.807, 2.05) is 30.3 Å². The second-order valence-corrected chi connectivity index (χ2v) is 6.64. The predicted octanol–water partition coefficient (Wildman–Crippen LogP) is 2.17. The summed E-state index contributed by atoms with van der Waals surface area (Å²) in [6, 6.07) is 9.41. The number of benzene rings is 1. The molecular weight excluding hydrogens is 302 g/mol. The van der Waals surface area contributed by atoms with Gasteiger partial charge in [0.1, 0.15) is 11.3 Å². The Kier molecular flexibility index (Phi) is 5.71. The van der Waals surface area contributed by atoms with E-state index in [0.29, 0.717) is 25.2 Å². The number of hydrogen-bond donors (Lipinski definition) is 2. The molecule has 1 aliphatic rings. The van der Waals surface area contributed by atoms with Gasteiger partial charge in [-0.05, 0) is 30.7 Å². The molecule has 1 aliphatic heterocycles. The zero-order valence-corrected chi connectivity index (χ0v) is 13.4. The molecule has 0 bridgehead atoms. The van der Waals surface area contributed by atoms with Gasteiger partial charge in [0.2, 0.25) is 5.91 Å². The number of aliphatic carboxylic acids is 1. The van der Waals surface area contributed by atoms with Crippen LogP contribution in [0.2, 0.25) is 0 Å². The van der Waals surface area contributed by atoms with Crippen LogP contribution in [0.15, 0.2) is 30.3 Å². The quantitative estimate of drug-likeness (QED) is 0.804. The number of hydrogen-bond acceptors (Lipinski definition) is 4. The lowest BCUT2D eigenvalue weighted by Gasteiger charge is -2.26. The zero-order valence-electron chi connectivity index (χ0n) is 12.6. The van der Waals surface area contributed by atoms with E-state index in [0.717, 1.165) is 11.5 Å². The third-order valence-electron chi connectivity index (χ3n) is 3.80. The Morgan fingerprint density at radius 2 is 2.14 bits per heavy atom. The van der Waals surface area contributed by atoms with Crippen molar-refractivity contribution in [2.24, 2.45) is 5.92 Å². The van der Waals surface area contributed by atoms with E-state index in [9.17, 15) is 14.7 Å². The number of carbonyl (C=O) groups excluding carboxylic acids is 1. The number of thioether (sulfide) groups is 1. The van der Waals surface area contributed by atoms with Crippen molar-refractivity contribution in [2.75, 3.05) is 18.1 Å². The molecule has 22 heavy (non-hydrogen) atoms. The van der Waals surface area contributed by atoms with Crippen molar-refractivity contribution >= 4 is 23.6 Å². The summed E-state index contributed by atoms with van der Waals surface area (Å²) in [5, 5.41) is 12.1. The average molecular weight is 323 g/mol. The van der Waals surface area contributed by atoms with Gasteiger partial charge in [0.05, 0.1) is 6.61 Å². The number of nitrogens with one attached hydrogen (secondary N) is 1. The molecule has 0 aromatic heterocycles.